The van der Waals surface area contributed by atoms with Crippen LogP contribution >= 0.6 is 11.8 Å². The molecule has 2 aromatic rings. The molecule has 0 bridgehead atoms. The Morgan fingerprint density at radius 3 is 2.64 bits per heavy atom. The number of benzene rings is 2. The van der Waals surface area contributed by atoms with Crippen molar-refractivity contribution in [3.8, 4) is 0 Å². The summed E-state index contributed by atoms with van der Waals surface area (Å²) in [7, 11) is -2.53. The molecular weight excluding hydrogens is 398 g/mol. The summed E-state index contributed by atoms with van der Waals surface area (Å²) in [5.74, 6) is 0.0597. The van der Waals surface area contributed by atoms with Gasteiger partial charge in [-0.3, -0.25) is 9.59 Å². The number of rotatable bonds is 5. The van der Waals surface area contributed by atoms with Crippen LogP contribution in [0.15, 0.2) is 52.3 Å². The van der Waals surface area contributed by atoms with E-state index in [9.17, 15) is 18.0 Å². The van der Waals surface area contributed by atoms with Gasteiger partial charge in [-0.2, -0.15) is 4.31 Å². The minimum atomic E-state index is -3.88. The van der Waals surface area contributed by atoms with Gasteiger partial charge in [-0.15, -0.1) is 11.8 Å². The number of nitrogens with one attached hydrogen (secondary N) is 2. The molecule has 1 aliphatic rings. The fourth-order valence-corrected chi connectivity index (χ4v) is 4.76. The summed E-state index contributed by atoms with van der Waals surface area (Å²) in [6.07, 6.45) is 0.376. The summed E-state index contributed by atoms with van der Waals surface area (Å²) in [4.78, 5) is 24.8. The number of carbonyl (C=O) groups is 2. The van der Waals surface area contributed by atoms with Gasteiger partial charge in [0.05, 0.1) is 17.1 Å². The van der Waals surface area contributed by atoms with Crippen molar-refractivity contribution in [3.63, 3.8) is 0 Å². The van der Waals surface area contributed by atoms with Gasteiger partial charge in [-0.25, -0.2) is 8.42 Å². The van der Waals surface area contributed by atoms with Gasteiger partial charge < -0.3 is 10.6 Å². The van der Waals surface area contributed by atoms with Crippen molar-refractivity contribution in [2.75, 3.05) is 30.0 Å². The topological polar surface area (TPSA) is 95.6 Å². The summed E-state index contributed by atoms with van der Waals surface area (Å²) in [6, 6.07) is 11.8. The fourth-order valence-electron chi connectivity index (χ4n) is 2.66. The molecule has 0 saturated heterocycles. The lowest BCUT2D eigenvalue weighted by atomic mass is 10.2. The maximum absolute atomic E-state index is 12.8. The molecule has 2 aromatic carbocycles. The highest BCUT2D eigenvalue weighted by atomic mass is 32.2. The van der Waals surface area contributed by atoms with Gasteiger partial charge in [0.2, 0.25) is 21.8 Å². The number of likely N-dealkylation sites (N-methyl/N-ethyl adjacent to an activating group) is 1. The maximum Gasteiger partial charge on any atom is 0.243 e. The van der Waals surface area contributed by atoms with E-state index >= 15 is 0 Å². The van der Waals surface area contributed by atoms with Crippen molar-refractivity contribution in [1.82, 2.24) is 4.31 Å². The molecule has 28 heavy (non-hydrogen) atoms. The molecule has 9 heteroatoms. The third-order valence-electron chi connectivity index (χ3n) is 4.22. The smallest absolute Gasteiger partial charge is 0.243 e. The first-order valence-electron chi connectivity index (χ1n) is 8.65. The first-order chi connectivity index (χ1) is 13.3. The second-order valence-corrected chi connectivity index (χ2v) is 9.66. The monoisotopic (exact) mass is 419 g/mol. The summed E-state index contributed by atoms with van der Waals surface area (Å²) < 4.78 is 26.7. The molecule has 0 aromatic heterocycles. The number of carbonyl (C=O) groups excluding carboxylic acids is 2. The lowest BCUT2D eigenvalue weighted by molar-refractivity contribution is -0.116. The summed E-state index contributed by atoms with van der Waals surface area (Å²) in [6.45, 7) is 1.61. The van der Waals surface area contributed by atoms with Crippen molar-refractivity contribution < 1.29 is 18.0 Å². The number of fused-ring (bicyclic) bond motifs is 1. The van der Waals surface area contributed by atoms with Gasteiger partial charge in [-0.05, 0) is 37.3 Å². The number of sulfonamides is 1. The quantitative estimate of drug-likeness (QED) is 0.777. The largest absolute Gasteiger partial charge is 0.325 e. The van der Waals surface area contributed by atoms with Gasteiger partial charge in [-0.1, -0.05) is 17.7 Å². The Kier molecular flexibility index (Phi) is 6.07. The van der Waals surface area contributed by atoms with Crippen molar-refractivity contribution in [1.29, 1.82) is 0 Å². The molecule has 1 heterocycles. The highest BCUT2D eigenvalue weighted by molar-refractivity contribution is 7.99. The van der Waals surface area contributed by atoms with Crippen LogP contribution in [0.5, 0.6) is 0 Å². The van der Waals surface area contributed by atoms with Crippen LogP contribution in [0.25, 0.3) is 0 Å². The Morgan fingerprint density at radius 2 is 1.93 bits per heavy atom. The molecular formula is C19H21N3O4S2. The van der Waals surface area contributed by atoms with E-state index in [1.807, 2.05) is 19.1 Å². The molecule has 1 aliphatic heterocycles. The summed E-state index contributed by atoms with van der Waals surface area (Å²) in [5, 5.41) is 5.41. The minimum Gasteiger partial charge on any atom is -0.325 e. The Balaban J connectivity index is 1.73. The predicted molar refractivity (Wildman–Crippen MR) is 110 cm³/mol. The van der Waals surface area contributed by atoms with Crippen molar-refractivity contribution in [3.05, 3.63) is 48.0 Å². The van der Waals surface area contributed by atoms with Gasteiger partial charge in [0.15, 0.2) is 0 Å². The van der Waals surface area contributed by atoms with Crippen LogP contribution in [0.3, 0.4) is 0 Å². The Labute approximate surface area is 168 Å². The van der Waals surface area contributed by atoms with Crippen LogP contribution in [0.2, 0.25) is 0 Å². The van der Waals surface area contributed by atoms with Crippen LogP contribution in [-0.2, 0) is 19.6 Å². The van der Waals surface area contributed by atoms with E-state index in [0.717, 1.165) is 14.8 Å². The number of thioether (sulfide) groups is 1. The average molecular weight is 420 g/mol. The molecule has 0 atom stereocenters. The average Bonchev–Trinajstić information content (AvgIpc) is 2.83. The number of amides is 2. The highest BCUT2D eigenvalue weighted by Crippen LogP contribution is 2.33. The molecule has 2 N–H and O–H groups in total. The van der Waals surface area contributed by atoms with Crippen molar-refractivity contribution in [2.45, 2.75) is 23.1 Å². The fraction of sp³-hybridized carbons (Fsp3) is 0.263. The van der Waals surface area contributed by atoms with Crippen LogP contribution in [-0.4, -0.2) is 43.9 Å². The van der Waals surface area contributed by atoms with Gasteiger partial charge in [0, 0.05) is 29.8 Å². The van der Waals surface area contributed by atoms with Gasteiger partial charge in [0.25, 0.3) is 0 Å². The van der Waals surface area contributed by atoms with Crippen molar-refractivity contribution in [2.24, 2.45) is 0 Å². The molecule has 0 radical (unpaired) electrons. The second-order valence-electron chi connectivity index (χ2n) is 6.48. The first kappa shape index (κ1) is 20.4. The van der Waals surface area contributed by atoms with Crippen molar-refractivity contribution >= 4 is 45.0 Å². The molecule has 0 aliphatic carbocycles. The number of hydrogen-bond donors (Lipinski definition) is 2. The van der Waals surface area contributed by atoms with E-state index in [2.05, 4.69) is 10.6 Å². The van der Waals surface area contributed by atoms with E-state index in [1.54, 1.807) is 18.2 Å². The third-order valence-corrected chi connectivity index (χ3v) is 7.10. The Bertz CT molecular complexity index is 1000. The Morgan fingerprint density at radius 1 is 1.21 bits per heavy atom. The lowest BCUT2D eigenvalue weighted by Gasteiger charge is -2.18. The number of aryl methyl sites for hydroxylation is 1. The SMILES string of the molecule is Cc1ccc(NC(=O)CN(C)S(=O)(=O)c2ccc3c(c2)NC(=O)CCS3)cc1. The number of anilines is 2. The van der Waals surface area contributed by atoms with E-state index in [4.69, 9.17) is 0 Å². The molecule has 0 spiro atoms. The first-order valence-corrected chi connectivity index (χ1v) is 11.1. The zero-order chi connectivity index (χ0) is 20.3. The molecule has 2 amide bonds. The van der Waals surface area contributed by atoms with Crippen LogP contribution in [0.4, 0.5) is 11.4 Å². The number of hydrogen-bond acceptors (Lipinski definition) is 5. The van der Waals surface area contributed by atoms with E-state index in [-0.39, 0.29) is 17.3 Å². The highest BCUT2D eigenvalue weighted by Gasteiger charge is 2.25. The standard InChI is InChI=1S/C19H21N3O4S2/c1-13-3-5-14(6-4-13)20-19(24)12-22(2)28(25,26)15-7-8-17-16(11-15)21-18(23)9-10-27-17/h3-8,11H,9-10,12H2,1-2H3,(H,20,24)(H,21,23). The normalized spacial score (nSPS) is 14.2. The van der Waals surface area contributed by atoms with Crippen LogP contribution in [0, 0.1) is 6.92 Å². The maximum atomic E-state index is 12.8. The Hall–Kier alpha value is -2.36. The van der Waals surface area contributed by atoms with Crippen LogP contribution < -0.4 is 10.6 Å². The zero-order valence-electron chi connectivity index (χ0n) is 15.6. The second kappa shape index (κ2) is 8.34. The molecule has 0 unspecified atom stereocenters. The summed E-state index contributed by atoms with van der Waals surface area (Å²) >= 11 is 1.50. The molecule has 3 rings (SSSR count). The molecule has 7 nitrogen and oxygen atoms in total. The summed E-state index contributed by atoms with van der Waals surface area (Å²) in [5.41, 5.74) is 2.14. The van der Waals surface area contributed by atoms with Gasteiger partial charge >= 0.3 is 0 Å². The lowest BCUT2D eigenvalue weighted by Crippen LogP contribution is -2.35. The van der Waals surface area contributed by atoms with E-state index < -0.39 is 15.9 Å². The third kappa shape index (κ3) is 4.73. The number of nitrogens with zero attached hydrogens (tertiary/aromatic N) is 1. The predicted octanol–water partition coefficient (Wildman–Crippen LogP) is 2.69. The molecule has 0 fully saturated rings. The van der Waals surface area contributed by atoms with Gasteiger partial charge in [0.1, 0.15) is 0 Å². The van der Waals surface area contributed by atoms with E-state index in [0.29, 0.717) is 23.5 Å². The van der Waals surface area contributed by atoms with Crippen LogP contribution in [0.1, 0.15) is 12.0 Å². The molecule has 0 saturated carbocycles. The minimum absolute atomic E-state index is 0.0275. The zero-order valence-corrected chi connectivity index (χ0v) is 17.2. The van der Waals surface area contributed by atoms with E-state index in [1.165, 1.54) is 30.9 Å². The molecule has 148 valence electrons.